The minimum Gasteiger partial charge on any atom is -0.321 e. The first-order valence-corrected chi connectivity index (χ1v) is 9.61. The van der Waals surface area contributed by atoms with Crippen molar-refractivity contribution in [2.24, 2.45) is 0 Å². The molecule has 2 heterocycles. The topological polar surface area (TPSA) is 100 Å². The SMILES string of the molecule is O=C(Nc1cccnc1)c1cccc(S(=O)(=O)NC[C@@H]2C[C@H](F)CN2)c1. The molecule has 0 aliphatic carbocycles. The Labute approximate surface area is 151 Å². The van der Waals surface area contributed by atoms with E-state index in [1.54, 1.807) is 18.3 Å². The number of hydrogen-bond donors (Lipinski definition) is 3. The molecule has 1 saturated heterocycles. The smallest absolute Gasteiger partial charge is 0.255 e. The van der Waals surface area contributed by atoms with Crippen LogP contribution < -0.4 is 15.4 Å². The average molecular weight is 378 g/mol. The molecule has 7 nitrogen and oxygen atoms in total. The van der Waals surface area contributed by atoms with Crippen LogP contribution in [0.25, 0.3) is 0 Å². The van der Waals surface area contributed by atoms with Crippen LogP contribution in [0.1, 0.15) is 16.8 Å². The number of carbonyl (C=O) groups is 1. The third-order valence-corrected chi connectivity index (χ3v) is 5.44. The molecule has 1 aromatic heterocycles. The monoisotopic (exact) mass is 378 g/mol. The Morgan fingerprint density at radius 1 is 1.31 bits per heavy atom. The maximum absolute atomic E-state index is 13.1. The standard InChI is InChI=1S/C17H19FN4O3S/c18-13-8-15(20-9-13)11-21-26(24,25)16-5-1-3-12(7-16)17(23)22-14-4-2-6-19-10-14/h1-7,10,13,15,20-21H,8-9,11H2,(H,22,23)/t13-,15-/m0/s1. The van der Waals surface area contributed by atoms with Crippen LogP contribution in [0.5, 0.6) is 0 Å². The summed E-state index contributed by atoms with van der Waals surface area (Å²) >= 11 is 0. The number of aromatic nitrogens is 1. The molecule has 1 aromatic carbocycles. The van der Waals surface area contributed by atoms with Gasteiger partial charge in [0.2, 0.25) is 10.0 Å². The summed E-state index contributed by atoms with van der Waals surface area (Å²) in [5, 5.41) is 5.57. The van der Waals surface area contributed by atoms with Gasteiger partial charge >= 0.3 is 0 Å². The first-order chi connectivity index (χ1) is 12.4. The van der Waals surface area contributed by atoms with Crippen LogP contribution in [-0.4, -0.2) is 44.6 Å². The van der Waals surface area contributed by atoms with Gasteiger partial charge in [-0.1, -0.05) is 6.07 Å². The van der Waals surface area contributed by atoms with Crippen molar-refractivity contribution in [3.8, 4) is 0 Å². The highest BCUT2D eigenvalue weighted by atomic mass is 32.2. The predicted molar refractivity (Wildman–Crippen MR) is 95.1 cm³/mol. The van der Waals surface area contributed by atoms with E-state index < -0.39 is 22.1 Å². The van der Waals surface area contributed by atoms with Gasteiger partial charge in [-0.25, -0.2) is 17.5 Å². The Kier molecular flexibility index (Phi) is 5.60. The Morgan fingerprint density at radius 2 is 2.15 bits per heavy atom. The van der Waals surface area contributed by atoms with Gasteiger partial charge in [-0.15, -0.1) is 0 Å². The van der Waals surface area contributed by atoms with Crippen molar-refractivity contribution in [2.75, 3.05) is 18.4 Å². The van der Waals surface area contributed by atoms with Crippen LogP contribution in [0.4, 0.5) is 10.1 Å². The van der Waals surface area contributed by atoms with Crippen LogP contribution in [0.3, 0.4) is 0 Å². The molecule has 26 heavy (non-hydrogen) atoms. The summed E-state index contributed by atoms with van der Waals surface area (Å²) in [6.07, 6.45) is 2.39. The number of nitrogens with zero attached hydrogens (tertiary/aromatic N) is 1. The van der Waals surface area contributed by atoms with E-state index in [0.29, 0.717) is 5.69 Å². The fourth-order valence-corrected chi connectivity index (χ4v) is 3.79. The van der Waals surface area contributed by atoms with Gasteiger partial charge in [-0.3, -0.25) is 9.78 Å². The van der Waals surface area contributed by atoms with Gasteiger partial charge in [0.05, 0.1) is 16.8 Å². The lowest BCUT2D eigenvalue weighted by Gasteiger charge is -2.12. The highest BCUT2D eigenvalue weighted by Crippen LogP contribution is 2.15. The Hall–Kier alpha value is -2.36. The first-order valence-electron chi connectivity index (χ1n) is 8.12. The molecule has 0 unspecified atom stereocenters. The Bertz CT molecular complexity index is 877. The number of rotatable bonds is 6. The molecule has 1 amide bonds. The molecular formula is C17H19FN4O3S. The van der Waals surface area contributed by atoms with Crippen LogP contribution >= 0.6 is 0 Å². The number of amides is 1. The molecule has 0 radical (unpaired) electrons. The predicted octanol–water partition coefficient (Wildman–Crippen LogP) is 1.31. The molecule has 1 fully saturated rings. The van der Waals surface area contributed by atoms with Gasteiger partial charge in [0.15, 0.2) is 0 Å². The lowest BCUT2D eigenvalue weighted by molar-refractivity contribution is 0.102. The van der Waals surface area contributed by atoms with Gasteiger partial charge in [0.25, 0.3) is 5.91 Å². The van der Waals surface area contributed by atoms with Gasteiger partial charge in [0, 0.05) is 30.9 Å². The number of halogens is 1. The first kappa shape index (κ1) is 18.4. The molecule has 0 saturated carbocycles. The van der Waals surface area contributed by atoms with E-state index >= 15 is 0 Å². The fraction of sp³-hybridized carbons (Fsp3) is 0.294. The van der Waals surface area contributed by atoms with Gasteiger partial charge in [-0.2, -0.15) is 0 Å². The lowest BCUT2D eigenvalue weighted by Crippen LogP contribution is -2.37. The number of anilines is 1. The second-order valence-electron chi connectivity index (χ2n) is 6.01. The van der Waals surface area contributed by atoms with E-state index in [-0.39, 0.29) is 36.0 Å². The van der Waals surface area contributed by atoms with Gasteiger partial charge < -0.3 is 10.6 Å². The summed E-state index contributed by atoms with van der Waals surface area (Å²) in [5.41, 5.74) is 0.719. The second kappa shape index (κ2) is 7.90. The number of nitrogens with one attached hydrogen (secondary N) is 3. The number of sulfonamides is 1. The molecule has 0 spiro atoms. The molecular weight excluding hydrogens is 359 g/mol. The summed E-state index contributed by atoms with van der Waals surface area (Å²) in [5.74, 6) is -0.437. The van der Waals surface area contributed by atoms with Crippen molar-refractivity contribution < 1.29 is 17.6 Å². The molecule has 2 atom stereocenters. The van der Waals surface area contributed by atoms with Crippen molar-refractivity contribution in [3.63, 3.8) is 0 Å². The van der Waals surface area contributed by atoms with Crippen molar-refractivity contribution in [2.45, 2.75) is 23.5 Å². The van der Waals surface area contributed by atoms with Gasteiger partial charge in [0.1, 0.15) is 6.17 Å². The fourth-order valence-electron chi connectivity index (χ4n) is 2.66. The number of benzene rings is 1. The second-order valence-corrected chi connectivity index (χ2v) is 7.78. The minimum atomic E-state index is -3.80. The summed E-state index contributed by atoms with van der Waals surface area (Å²) < 4.78 is 40.5. The molecule has 0 bridgehead atoms. The Balaban J connectivity index is 1.68. The van der Waals surface area contributed by atoms with Crippen LogP contribution in [0.15, 0.2) is 53.7 Å². The summed E-state index contributed by atoms with van der Waals surface area (Å²) in [4.78, 5) is 16.2. The molecule has 2 aromatic rings. The zero-order chi connectivity index (χ0) is 18.6. The summed E-state index contributed by atoms with van der Waals surface area (Å²) in [6.45, 7) is 0.325. The van der Waals surface area contributed by atoms with E-state index in [1.165, 1.54) is 30.5 Å². The van der Waals surface area contributed by atoms with Crippen LogP contribution in [-0.2, 0) is 10.0 Å². The van der Waals surface area contributed by atoms with E-state index in [1.807, 2.05) is 0 Å². The third kappa shape index (κ3) is 4.63. The van der Waals surface area contributed by atoms with Crippen molar-refractivity contribution >= 4 is 21.6 Å². The number of alkyl halides is 1. The van der Waals surface area contributed by atoms with E-state index in [9.17, 15) is 17.6 Å². The highest BCUT2D eigenvalue weighted by molar-refractivity contribution is 7.89. The largest absolute Gasteiger partial charge is 0.321 e. The lowest BCUT2D eigenvalue weighted by atomic mass is 10.2. The van der Waals surface area contributed by atoms with Crippen molar-refractivity contribution in [3.05, 3.63) is 54.4 Å². The molecule has 1 aliphatic rings. The highest BCUT2D eigenvalue weighted by Gasteiger charge is 2.25. The van der Waals surface area contributed by atoms with Crippen LogP contribution in [0, 0.1) is 0 Å². The number of pyridine rings is 1. The van der Waals surface area contributed by atoms with Crippen molar-refractivity contribution in [1.82, 2.24) is 15.0 Å². The third-order valence-electron chi connectivity index (χ3n) is 4.01. The molecule has 138 valence electrons. The van der Waals surface area contributed by atoms with Gasteiger partial charge in [-0.05, 0) is 36.8 Å². The zero-order valence-corrected chi connectivity index (χ0v) is 14.7. The van der Waals surface area contributed by atoms with E-state index in [4.69, 9.17) is 0 Å². The maximum atomic E-state index is 13.1. The van der Waals surface area contributed by atoms with E-state index in [2.05, 4.69) is 20.3 Å². The number of carbonyl (C=O) groups excluding carboxylic acids is 1. The van der Waals surface area contributed by atoms with E-state index in [0.717, 1.165) is 0 Å². The summed E-state index contributed by atoms with van der Waals surface area (Å²) in [7, 11) is -3.80. The summed E-state index contributed by atoms with van der Waals surface area (Å²) in [6, 6.07) is 8.85. The molecule has 3 N–H and O–H groups in total. The number of hydrogen-bond acceptors (Lipinski definition) is 5. The quantitative estimate of drug-likeness (QED) is 0.704. The zero-order valence-electron chi connectivity index (χ0n) is 13.9. The normalized spacial score (nSPS) is 20.0. The molecule has 3 rings (SSSR count). The minimum absolute atomic E-state index is 0.0221. The maximum Gasteiger partial charge on any atom is 0.255 e. The van der Waals surface area contributed by atoms with Crippen LogP contribution in [0.2, 0.25) is 0 Å². The van der Waals surface area contributed by atoms with Crippen molar-refractivity contribution in [1.29, 1.82) is 0 Å². The average Bonchev–Trinajstić information content (AvgIpc) is 3.06. The Morgan fingerprint density at radius 3 is 2.85 bits per heavy atom. The molecule has 9 heteroatoms. The molecule has 1 aliphatic heterocycles.